The quantitative estimate of drug-likeness (QED) is 0.255. The lowest BCUT2D eigenvalue weighted by Gasteiger charge is -2.15. The van der Waals surface area contributed by atoms with Crippen LogP contribution >= 0.6 is 23.1 Å². The molecule has 34 heavy (non-hydrogen) atoms. The van der Waals surface area contributed by atoms with Crippen molar-refractivity contribution in [2.24, 2.45) is 0 Å². The molecule has 176 valence electrons. The van der Waals surface area contributed by atoms with Crippen LogP contribution in [-0.4, -0.2) is 34.4 Å². The van der Waals surface area contributed by atoms with Gasteiger partial charge >= 0.3 is 0 Å². The number of carbonyl (C=O) groups is 1. The monoisotopic (exact) mass is 493 g/mol. The fraction of sp³-hybridized carbons (Fsp3) is 0.269. The third kappa shape index (κ3) is 6.07. The first-order chi connectivity index (χ1) is 16.5. The van der Waals surface area contributed by atoms with Crippen LogP contribution in [0, 0.1) is 0 Å². The van der Waals surface area contributed by atoms with Gasteiger partial charge in [-0.3, -0.25) is 14.2 Å². The maximum Gasteiger partial charge on any atom is 0.272 e. The number of ether oxygens (including phenoxy) is 1. The summed E-state index contributed by atoms with van der Waals surface area (Å²) in [5.74, 6) is 0.886. The van der Waals surface area contributed by atoms with E-state index < -0.39 is 0 Å². The van der Waals surface area contributed by atoms with E-state index in [4.69, 9.17) is 4.74 Å². The van der Waals surface area contributed by atoms with Crippen molar-refractivity contribution < 1.29 is 9.53 Å². The zero-order valence-corrected chi connectivity index (χ0v) is 20.8. The maximum absolute atomic E-state index is 13.2. The van der Waals surface area contributed by atoms with Crippen molar-refractivity contribution in [2.45, 2.75) is 37.5 Å². The van der Waals surface area contributed by atoms with Gasteiger partial charge < -0.3 is 10.1 Å². The number of fused-ring (bicyclic) bond motifs is 1. The third-order valence-electron chi connectivity index (χ3n) is 5.48. The van der Waals surface area contributed by atoms with Gasteiger partial charge in [0.2, 0.25) is 5.91 Å². The molecule has 0 saturated carbocycles. The molecule has 4 aromatic rings. The standard InChI is InChI=1S/C26H27N3O3S2/c1-18(8-9-19-6-4-3-5-7-19)27-23(30)17-34-26-28-22-14-15-33-24(22)25(31)29(26)16-20-10-12-21(32-2)13-11-20/h3-7,10-15,18H,8-9,16-17H2,1-2H3,(H,27,30). The van der Waals surface area contributed by atoms with Gasteiger partial charge in [-0.05, 0) is 54.5 Å². The summed E-state index contributed by atoms with van der Waals surface area (Å²) in [5, 5.41) is 5.47. The summed E-state index contributed by atoms with van der Waals surface area (Å²) in [6, 6.07) is 19.7. The molecular weight excluding hydrogens is 466 g/mol. The Kier molecular flexibility index (Phi) is 8.03. The molecular formula is C26H27N3O3S2. The Balaban J connectivity index is 1.43. The van der Waals surface area contributed by atoms with E-state index >= 15 is 0 Å². The molecule has 1 N–H and O–H groups in total. The van der Waals surface area contributed by atoms with Gasteiger partial charge in [-0.25, -0.2) is 4.98 Å². The minimum absolute atomic E-state index is 0.0575. The average molecular weight is 494 g/mol. The normalized spacial score (nSPS) is 11.9. The molecule has 0 aliphatic heterocycles. The van der Waals surface area contributed by atoms with Crippen LogP contribution in [0.15, 0.2) is 76.0 Å². The number of nitrogens with one attached hydrogen (secondary N) is 1. The van der Waals surface area contributed by atoms with Crippen molar-refractivity contribution in [2.75, 3.05) is 12.9 Å². The predicted molar refractivity (Wildman–Crippen MR) is 139 cm³/mol. The van der Waals surface area contributed by atoms with Gasteiger partial charge in [0.15, 0.2) is 5.16 Å². The Bertz CT molecular complexity index is 1300. The summed E-state index contributed by atoms with van der Waals surface area (Å²) in [6.45, 7) is 2.39. The highest BCUT2D eigenvalue weighted by atomic mass is 32.2. The lowest BCUT2D eigenvalue weighted by Crippen LogP contribution is -2.34. The number of nitrogens with zero attached hydrogens (tertiary/aromatic N) is 2. The smallest absolute Gasteiger partial charge is 0.272 e. The first kappa shape index (κ1) is 24.0. The fourth-order valence-electron chi connectivity index (χ4n) is 3.63. The lowest BCUT2D eigenvalue weighted by atomic mass is 10.1. The van der Waals surface area contributed by atoms with Gasteiger partial charge in [0.1, 0.15) is 10.4 Å². The number of aryl methyl sites for hydroxylation is 1. The van der Waals surface area contributed by atoms with Crippen molar-refractivity contribution in [1.29, 1.82) is 0 Å². The number of amides is 1. The van der Waals surface area contributed by atoms with Gasteiger partial charge in [0.05, 0.1) is 24.9 Å². The van der Waals surface area contributed by atoms with E-state index in [9.17, 15) is 9.59 Å². The number of hydrogen-bond donors (Lipinski definition) is 1. The molecule has 0 spiro atoms. The highest BCUT2D eigenvalue weighted by Crippen LogP contribution is 2.22. The van der Waals surface area contributed by atoms with Crippen molar-refractivity contribution in [3.8, 4) is 5.75 Å². The highest BCUT2D eigenvalue weighted by Gasteiger charge is 2.16. The number of methoxy groups -OCH3 is 1. The van der Waals surface area contributed by atoms with Crippen LogP contribution in [-0.2, 0) is 17.8 Å². The largest absolute Gasteiger partial charge is 0.497 e. The van der Waals surface area contributed by atoms with E-state index in [1.165, 1.54) is 28.7 Å². The molecule has 0 aliphatic carbocycles. The Morgan fingerprint density at radius 1 is 1.12 bits per heavy atom. The molecule has 2 aromatic heterocycles. The van der Waals surface area contributed by atoms with Crippen LogP contribution in [0.25, 0.3) is 10.2 Å². The molecule has 0 saturated heterocycles. The zero-order valence-electron chi connectivity index (χ0n) is 19.2. The van der Waals surface area contributed by atoms with Crippen LogP contribution < -0.4 is 15.6 Å². The molecule has 2 aromatic carbocycles. The van der Waals surface area contributed by atoms with E-state index in [1.54, 1.807) is 11.7 Å². The topological polar surface area (TPSA) is 73.2 Å². The van der Waals surface area contributed by atoms with Gasteiger partial charge in [-0.15, -0.1) is 11.3 Å². The van der Waals surface area contributed by atoms with Crippen molar-refractivity contribution >= 4 is 39.2 Å². The Morgan fingerprint density at radius 3 is 2.62 bits per heavy atom. The van der Waals surface area contributed by atoms with Crippen molar-refractivity contribution in [3.63, 3.8) is 0 Å². The van der Waals surface area contributed by atoms with Crippen LogP contribution in [0.5, 0.6) is 5.75 Å². The summed E-state index contributed by atoms with van der Waals surface area (Å²) in [6.07, 6.45) is 1.77. The first-order valence-corrected chi connectivity index (χ1v) is 13.0. The van der Waals surface area contributed by atoms with Crippen LogP contribution in [0.1, 0.15) is 24.5 Å². The van der Waals surface area contributed by atoms with Crippen LogP contribution in [0.2, 0.25) is 0 Å². The molecule has 0 aliphatic rings. The third-order valence-corrected chi connectivity index (χ3v) is 7.35. The Hall–Kier alpha value is -3.10. The summed E-state index contributed by atoms with van der Waals surface area (Å²) < 4.78 is 7.50. The molecule has 0 radical (unpaired) electrons. The summed E-state index contributed by atoms with van der Waals surface area (Å²) in [7, 11) is 1.62. The van der Waals surface area contributed by atoms with Gasteiger partial charge in [0.25, 0.3) is 5.56 Å². The number of rotatable bonds is 10. The van der Waals surface area contributed by atoms with Gasteiger partial charge in [-0.1, -0.05) is 54.2 Å². The molecule has 0 fully saturated rings. The minimum atomic E-state index is -0.0880. The van der Waals surface area contributed by atoms with E-state index in [0.717, 1.165) is 24.2 Å². The van der Waals surface area contributed by atoms with Crippen LogP contribution in [0.4, 0.5) is 0 Å². The fourth-order valence-corrected chi connectivity index (χ4v) is 5.22. The highest BCUT2D eigenvalue weighted by molar-refractivity contribution is 7.99. The molecule has 4 rings (SSSR count). The van der Waals surface area contributed by atoms with E-state index in [0.29, 0.717) is 21.9 Å². The second-order valence-electron chi connectivity index (χ2n) is 8.05. The van der Waals surface area contributed by atoms with E-state index in [1.807, 2.05) is 60.8 Å². The summed E-state index contributed by atoms with van der Waals surface area (Å²) in [4.78, 5) is 30.5. The summed E-state index contributed by atoms with van der Waals surface area (Å²) in [5.41, 5.74) is 2.80. The number of thioether (sulfide) groups is 1. The average Bonchev–Trinajstić information content (AvgIpc) is 3.33. The van der Waals surface area contributed by atoms with E-state index in [2.05, 4.69) is 22.4 Å². The molecule has 1 atom stereocenters. The maximum atomic E-state index is 13.2. The van der Waals surface area contributed by atoms with Gasteiger partial charge in [0, 0.05) is 6.04 Å². The second kappa shape index (κ2) is 11.4. The number of hydrogen-bond acceptors (Lipinski definition) is 6. The Morgan fingerprint density at radius 2 is 1.88 bits per heavy atom. The number of benzene rings is 2. The first-order valence-electron chi connectivity index (χ1n) is 11.1. The van der Waals surface area contributed by atoms with Crippen molar-refractivity contribution in [3.05, 3.63) is 87.5 Å². The molecule has 1 unspecified atom stereocenters. The minimum Gasteiger partial charge on any atom is -0.497 e. The SMILES string of the molecule is COc1ccc(Cn2c(SCC(=O)NC(C)CCc3ccccc3)nc3ccsc3c2=O)cc1. The van der Waals surface area contributed by atoms with E-state index in [-0.39, 0.29) is 23.3 Å². The number of aromatic nitrogens is 2. The number of thiophene rings is 1. The molecule has 1 amide bonds. The predicted octanol–water partition coefficient (Wildman–Crippen LogP) is 4.74. The van der Waals surface area contributed by atoms with Gasteiger partial charge in [-0.2, -0.15) is 0 Å². The number of carbonyl (C=O) groups excluding carboxylic acids is 1. The van der Waals surface area contributed by atoms with Crippen molar-refractivity contribution in [1.82, 2.24) is 14.9 Å². The lowest BCUT2D eigenvalue weighted by molar-refractivity contribution is -0.119. The molecule has 0 bridgehead atoms. The molecule has 2 heterocycles. The Labute approximate surface area is 207 Å². The molecule has 6 nitrogen and oxygen atoms in total. The zero-order chi connectivity index (χ0) is 23.9. The summed E-state index contributed by atoms with van der Waals surface area (Å²) >= 11 is 2.68. The second-order valence-corrected chi connectivity index (χ2v) is 9.91. The molecule has 8 heteroatoms. The van der Waals surface area contributed by atoms with Crippen LogP contribution in [0.3, 0.4) is 0 Å².